The van der Waals surface area contributed by atoms with Crippen LogP contribution in [-0.2, 0) is 21.4 Å². The lowest BCUT2D eigenvalue weighted by Crippen LogP contribution is -2.52. The molecule has 114 valence electrons. The summed E-state index contributed by atoms with van der Waals surface area (Å²) in [5, 5.41) is 9.07. The summed E-state index contributed by atoms with van der Waals surface area (Å²) >= 11 is 0. The fraction of sp³-hybridized carbons (Fsp3) is 0.667. The molecule has 0 spiro atoms. The van der Waals surface area contributed by atoms with Crippen LogP contribution in [0.3, 0.4) is 0 Å². The van der Waals surface area contributed by atoms with E-state index in [1.807, 2.05) is 6.92 Å². The number of aliphatic carboxylic acids is 1. The van der Waals surface area contributed by atoms with E-state index in [1.165, 1.54) is 13.1 Å². The Labute approximate surface area is 119 Å². The second kappa shape index (κ2) is 5.92. The Kier molecular flexibility index (Phi) is 4.93. The highest BCUT2D eigenvalue weighted by molar-refractivity contribution is 7.89. The van der Waals surface area contributed by atoms with Crippen molar-refractivity contribution >= 4 is 16.0 Å². The number of hydrogen-bond donors (Lipinski definition) is 2. The van der Waals surface area contributed by atoms with Crippen molar-refractivity contribution in [1.29, 1.82) is 0 Å². The van der Waals surface area contributed by atoms with Crippen LogP contribution in [0.25, 0.3) is 0 Å². The van der Waals surface area contributed by atoms with Crippen LogP contribution in [0.1, 0.15) is 39.4 Å². The Bertz CT molecular complexity index is 594. The van der Waals surface area contributed by atoms with Crippen LogP contribution in [0.15, 0.2) is 11.2 Å². The van der Waals surface area contributed by atoms with Gasteiger partial charge in [0.1, 0.15) is 11.4 Å². The zero-order valence-corrected chi connectivity index (χ0v) is 13.0. The molecule has 0 fully saturated rings. The Morgan fingerprint density at radius 3 is 2.50 bits per heavy atom. The Balaban J connectivity index is 3.13. The summed E-state index contributed by atoms with van der Waals surface area (Å²) in [6, 6.07) is 0. The summed E-state index contributed by atoms with van der Waals surface area (Å²) < 4.78 is 28.5. The number of nitrogens with zero attached hydrogens (tertiary/aromatic N) is 2. The van der Waals surface area contributed by atoms with E-state index < -0.39 is 21.5 Å². The molecule has 1 atom stereocenters. The molecule has 0 radical (unpaired) electrons. The average Bonchev–Trinajstić information content (AvgIpc) is 2.70. The zero-order chi connectivity index (χ0) is 15.6. The maximum atomic E-state index is 12.3. The molecule has 2 N–H and O–H groups in total. The molecular weight excluding hydrogens is 282 g/mol. The molecular formula is C12H21N3O4S. The first kappa shape index (κ1) is 16.6. The predicted octanol–water partition coefficient (Wildman–Crippen LogP) is 1.13. The van der Waals surface area contributed by atoms with E-state index in [-0.39, 0.29) is 11.4 Å². The van der Waals surface area contributed by atoms with Gasteiger partial charge in [-0.15, -0.1) is 0 Å². The molecule has 0 saturated heterocycles. The van der Waals surface area contributed by atoms with Crippen LogP contribution in [0.4, 0.5) is 0 Å². The van der Waals surface area contributed by atoms with E-state index >= 15 is 0 Å². The van der Waals surface area contributed by atoms with Gasteiger partial charge in [0.05, 0.1) is 0 Å². The maximum absolute atomic E-state index is 12.3. The molecule has 7 nitrogen and oxygen atoms in total. The van der Waals surface area contributed by atoms with E-state index in [1.54, 1.807) is 18.4 Å². The normalized spacial score (nSPS) is 15.0. The second-order valence-electron chi connectivity index (χ2n) is 4.91. The van der Waals surface area contributed by atoms with Crippen molar-refractivity contribution in [3.8, 4) is 0 Å². The molecule has 20 heavy (non-hydrogen) atoms. The summed E-state index contributed by atoms with van der Waals surface area (Å²) in [7, 11) is -3.96. The molecule has 1 aromatic heterocycles. The van der Waals surface area contributed by atoms with Crippen LogP contribution in [0.5, 0.6) is 0 Å². The minimum Gasteiger partial charge on any atom is -0.480 e. The molecule has 0 aliphatic rings. The minimum absolute atomic E-state index is 0.152. The van der Waals surface area contributed by atoms with Crippen molar-refractivity contribution in [3.05, 3.63) is 12.0 Å². The van der Waals surface area contributed by atoms with Crippen molar-refractivity contribution in [2.75, 3.05) is 0 Å². The summed E-state index contributed by atoms with van der Waals surface area (Å²) in [5.74, 6) is -0.630. The lowest BCUT2D eigenvalue weighted by atomic mass is 9.98. The molecule has 0 aliphatic heterocycles. The van der Waals surface area contributed by atoms with Crippen LogP contribution in [0, 0.1) is 6.92 Å². The molecule has 1 aromatic rings. The average molecular weight is 303 g/mol. The highest BCUT2D eigenvalue weighted by Gasteiger charge is 2.37. The fourth-order valence-electron chi connectivity index (χ4n) is 1.98. The quantitative estimate of drug-likeness (QED) is 0.786. The third-order valence-electron chi connectivity index (χ3n) is 3.15. The first-order valence-electron chi connectivity index (χ1n) is 6.47. The minimum atomic E-state index is -3.96. The summed E-state index contributed by atoms with van der Waals surface area (Å²) in [6.07, 6.45) is 2.16. The standard InChI is InChI=1S/C12H21N3O4S/c1-5-7-12(4,11(16)17)14-20(18,19)10-8-15(6-2)9(3)13-10/h8,14H,5-7H2,1-4H3,(H,16,17). The van der Waals surface area contributed by atoms with Gasteiger partial charge in [-0.3, -0.25) is 4.79 Å². The highest BCUT2D eigenvalue weighted by atomic mass is 32.2. The lowest BCUT2D eigenvalue weighted by Gasteiger charge is -2.24. The second-order valence-corrected chi connectivity index (χ2v) is 6.53. The number of rotatable bonds is 7. The topological polar surface area (TPSA) is 101 Å². The van der Waals surface area contributed by atoms with Gasteiger partial charge >= 0.3 is 5.97 Å². The van der Waals surface area contributed by atoms with Crippen molar-refractivity contribution in [2.24, 2.45) is 0 Å². The molecule has 1 rings (SSSR count). The number of aromatic nitrogens is 2. The number of nitrogens with one attached hydrogen (secondary N) is 1. The van der Waals surface area contributed by atoms with Crippen LogP contribution >= 0.6 is 0 Å². The summed E-state index contributed by atoms with van der Waals surface area (Å²) in [6.45, 7) is 7.33. The molecule has 1 unspecified atom stereocenters. The first-order chi connectivity index (χ1) is 9.16. The zero-order valence-electron chi connectivity index (χ0n) is 12.2. The van der Waals surface area contributed by atoms with Crippen molar-refractivity contribution < 1.29 is 18.3 Å². The predicted molar refractivity (Wildman–Crippen MR) is 73.9 cm³/mol. The lowest BCUT2D eigenvalue weighted by molar-refractivity contribution is -0.143. The summed E-state index contributed by atoms with van der Waals surface area (Å²) in [4.78, 5) is 15.3. The Morgan fingerprint density at radius 1 is 1.50 bits per heavy atom. The van der Waals surface area contributed by atoms with Crippen LogP contribution in [0.2, 0.25) is 0 Å². The third kappa shape index (κ3) is 3.37. The first-order valence-corrected chi connectivity index (χ1v) is 7.95. The molecule has 1 heterocycles. The number of imidazole rings is 1. The van der Waals surface area contributed by atoms with E-state index in [4.69, 9.17) is 0 Å². The van der Waals surface area contributed by atoms with E-state index in [0.717, 1.165) is 0 Å². The van der Waals surface area contributed by atoms with Gasteiger partial charge in [0.25, 0.3) is 10.0 Å². The van der Waals surface area contributed by atoms with Gasteiger partial charge in [0, 0.05) is 12.7 Å². The fourth-order valence-corrected chi connectivity index (χ4v) is 3.38. The van der Waals surface area contributed by atoms with Crippen LogP contribution in [-0.4, -0.2) is 34.6 Å². The summed E-state index contributed by atoms with van der Waals surface area (Å²) in [5.41, 5.74) is -1.53. The highest BCUT2D eigenvalue weighted by Crippen LogP contribution is 2.18. The Hall–Kier alpha value is -1.41. The van der Waals surface area contributed by atoms with Gasteiger partial charge in [0.15, 0.2) is 5.03 Å². The van der Waals surface area contributed by atoms with Gasteiger partial charge in [-0.1, -0.05) is 13.3 Å². The largest absolute Gasteiger partial charge is 0.480 e. The molecule has 0 saturated carbocycles. The monoisotopic (exact) mass is 303 g/mol. The van der Waals surface area contributed by atoms with Gasteiger partial charge in [-0.2, -0.15) is 4.72 Å². The van der Waals surface area contributed by atoms with Crippen molar-refractivity contribution in [3.63, 3.8) is 0 Å². The van der Waals surface area contributed by atoms with E-state index in [9.17, 15) is 18.3 Å². The smallest absolute Gasteiger partial charge is 0.324 e. The number of carboxylic acid groups (broad SMARTS) is 1. The molecule has 0 bridgehead atoms. The van der Waals surface area contributed by atoms with Crippen LogP contribution < -0.4 is 4.72 Å². The Morgan fingerprint density at radius 2 is 2.10 bits per heavy atom. The SMILES string of the molecule is CCCC(C)(NS(=O)(=O)c1cn(CC)c(C)n1)C(=O)O. The number of aryl methyl sites for hydroxylation is 2. The van der Waals surface area contributed by atoms with Gasteiger partial charge < -0.3 is 9.67 Å². The van der Waals surface area contributed by atoms with Crippen molar-refractivity contribution in [2.45, 2.75) is 57.6 Å². The number of carbonyl (C=O) groups is 1. The number of carboxylic acids is 1. The molecule has 8 heteroatoms. The van der Waals surface area contributed by atoms with Gasteiger partial charge in [0.2, 0.25) is 0 Å². The maximum Gasteiger partial charge on any atom is 0.324 e. The number of sulfonamides is 1. The molecule has 0 amide bonds. The number of hydrogen-bond acceptors (Lipinski definition) is 4. The van der Waals surface area contributed by atoms with Crippen molar-refractivity contribution in [1.82, 2.24) is 14.3 Å². The van der Waals surface area contributed by atoms with E-state index in [0.29, 0.717) is 18.8 Å². The van der Waals surface area contributed by atoms with Gasteiger partial charge in [-0.05, 0) is 27.2 Å². The van der Waals surface area contributed by atoms with Gasteiger partial charge in [-0.25, -0.2) is 13.4 Å². The molecule has 0 aromatic carbocycles. The third-order valence-corrected chi connectivity index (χ3v) is 4.62. The molecule has 0 aliphatic carbocycles. The van der Waals surface area contributed by atoms with E-state index in [2.05, 4.69) is 9.71 Å².